The molecule has 0 bridgehead atoms. The van der Waals surface area contributed by atoms with Crippen molar-refractivity contribution in [1.82, 2.24) is 10.2 Å². The van der Waals surface area contributed by atoms with Crippen LogP contribution in [0.3, 0.4) is 0 Å². The van der Waals surface area contributed by atoms with Gasteiger partial charge in [-0.25, -0.2) is 8.42 Å². The van der Waals surface area contributed by atoms with E-state index in [1.54, 1.807) is 61.5 Å². The molecule has 0 fully saturated rings. The van der Waals surface area contributed by atoms with E-state index in [4.69, 9.17) is 16.3 Å². The van der Waals surface area contributed by atoms with Crippen molar-refractivity contribution in [3.63, 3.8) is 0 Å². The summed E-state index contributed by atoms with van der Waals surface area (Å²) in [5.74, 6) is -0.322. The van der Waals surface area contributed by atoms with Gasteiger partial charge in [0.1, 0.15) is 18.3 Å². The van der Waals surface area contributed by atoms with Crippen LogP contribution in [0.2, 0.25) is 5.02 Å². The molecule has 8 nitrogen and oxygen atoms in total. The van der Waals surface area contributed by atoms with Crippen LogP contribution in [0.4, 0.5) is 5.69 Å². The summed E-state index contributed by atoms with van der Waals surface area (Å²) in [4.78, 5) is 27.5. The van der Waals surface area contributed by atoms with Crippen molar-refractivity contribution >= 4 is 39.1 Å². The van der Waals surface area contributed by atoms with Crippen LogP contribution < -0.4 is 14.4 Å². The molecule has 1 atom stereocenters. The van der Waals surface area contributed by atoms with E-state index in [2.05, 4.69) is 5.32 Å². The Morgan fingerprint density at radius 3 is 2.28 bits per heavy atom. The van der Waals surface area contributed by atoms with Crippen molar-refractivity contribution in [2.45, 2.75) is 24.4 Å². The molecule has 0 aliphatic rings. The zero-order chi connectivity index (χ0) is 26.3. The number of carbonyl (C=O) groups is 2. The van der Waals surface area contributed by atoms with Gasteiger partial charge < -0.3 is 15.0 Å². The topological polar surface area (TPSA) is 96.0 Å². The van der Waals surface area contributed by atoms with Crippen molar-refractivity contribution in [2.24, 2.45) is 0 Å². The second-order valence-corrected chi connectivity index (χ2v) is 10.3. The summed E-state index contributed by atoms with van der Waals surface area (Å²) in [6.45, 7) is 1.16. The molecule has 3 aromatic carbocycles. The second kappa shape index (κ2) is 11.9. The van der Waals surface area contributed by atoms with Gasteiger partial charge in [-0.05, 0) is 61.0 Å². The van der Waals surface area contributed by atoms with Gasteiger partial charge >= 0.3 is 0 Å². The zero-order valence-electron chi connectivity index (χ0n) is 20.2. The van der Waals surface area contributed by atoms with Crippen LogP contribution >= 0.6 is 11.6 Å². The molecular weight excluding hydrogens is 502 g/mol. The Morgan fingerprint density at radius 2 is 1.67 bits per heavy atom. The minimum atomic E-state index is -4.13. The quantitative estimate of drug-likeness (QED) is 0.432. The minimum absolute atomic E-state index is 0.0118. The monoisotopic (exact) mass is 529 g/mol. The highest BCUT2D eigenvalue weighted by atomic mass is 35.5. The first-order valence-corrected chi connectivity index (χ1v) is 13.0. The normalized spacial score (nSPS) is 11.9. The van der Waals surface area contributed by atoms with Gasteiger partial charge in [0.25, 0.3) is 10.0 Å². The van der Waals surface area contributed by atoms with E-state index in [1.807, 2.05) is 0 Å². The number of halogens is 1. The van der Waals surface area contributed by atoms with E-state index >= 15 is 0 Å². The molecule has 0 spiro atoms. The van der Waals surface area contributed by atoms with Crippen LogP contribution in [0.25, 0.3) is 0 Å². The largest absolute Gasteiger partial charge is 0.497 e. The molecule has 0 heterocycles. The lowest BCUT2D eigenvalue weighted by Gasteiger charge is -2.31. The Morgan fingerprint density at radius 1 is 1.00 bits per heavy atom. The van der Waals surface area contributed by atoms with Crippen LogP contribution in [0.5, 0.6) is 5.75 Å². The van der Waals surface area contributed by atoms with E-state index in [0.717, 1.165) is 9.87 Å². The number of nitrogens with zero attached hydrogens (tertiary/aromatic N) is 2. The fourth-order valence-electron chi connectivity index (χ4n) is 3.62. The first kappa shape index (κ1) is 27.0. The first-order valence-electron chi connectivity index (χ1n) is 11.1. The Balaban J connectivity index is 2.00. The first-order chi connectivity index (χ1) is 17.2. The predicted molar refractivity (Wildman–Crippen MR) is 139 cm³/mol. The number of ether oxygens (including phenoxy) is 1. The Hall–Kier alpha value is -3.56. The lowest BCUT2D eigenvalue weighted by Crippen LogP contribution is -2.50. The van der Waals surface area contributed by atoms with Crippen molar-refractivity contribution in [3.05, 3.63) is 89.4 Å². The standard InChI is InChI=1S/C26H28ClN3O5S/c1-19(26(32)28-2)29(17-20-8-7-11-23(16-20)35-3)25(31)18-30(22-9-5-4-6-10-22)36(33,34)24-14-12-21(27)13-15-24/h4-16,19H,17-18H2,1-3H3,(H,28,32)/t19-/m1/s1. The second-order valence-electron chi connectivity index (χ2n) is 7.96. The third-order valence-electron chi connectivity index (χ3n) is 5.63. The number of methoxy groups -OCH3 is 1. The van der Waals surface area contributed by atoms with Crippen LogP contribution in [0, 0.1) is 0 Å². The molecule has 36 heavy (non-hydrogen) atoms. The van der Waals surface area contributed by atoms with Crippen LogP contribution in [0.1, 0.15) is 12.5 Å². The highest BCUT2D eigenvalue weighted by Crippen LogP contribution is 2.25. The van der Waals surface area contributed by atoms with Gasteiger partial charge in [-0.15, -0.1) is 0 Å². The van der Waals surface area contributed by atoms with Crippen LogP contribution in [0.15, 0.2) is 83.8 Å². The summed E-state index contributed by atoms with van der Waals surface area (Å²) in [7, 11) is -1.11. The predicted octanol–water partition coefficient (Wildman–Crippen LogP) is 3.71. The highest BCUT2D eigenvalue weighted by Gasteiger charge is 2.32. The molecular formula is C26H28ClN3O5S. The third-order valence-corrected chi connectivity index (χ3v) is 7.67. The summed E-state index contributed by atoms with van der Waals surface area (Å²) < 4.78 is 33.5. The molecule has 0 aromatic heterocycles. The molecule has 3 rings (SSSR count). The SMILES string of the molecule is CNC(=O)[C@@H](C)N(Cc1cccc(OC)c1)C(=O)CN(c1ccccc1)S(=O)(=O)c1ccc(Cl)cc1. The van der Waals surface area contributed by atoms with Crippen molar-refractivity contribution in [3.8, 4) is 5.75 Å². The molecule has 1 N–H and O–H groups in total. The number of sulfonamides is 1. The molecule has 190 valence electrons. The molecule has 10 heteroatoms. The van der Waals surface area contributed by atoms with E-state index < -0.39 is 28.5 Å². The Labute approximate surface area is 216 Å². The van der Waals surface area contributed by atoms with Gasteiger partial charge in [0.2, 0.25) is 11.8 Å². The van der Waals surface area contributed by atoms with Crippen LogP contribution in [-0.4, -0.2) is 51.9 Å². The highest BCUT2D eigenvalue weighted by molar-refractivity contribution is 7.92. The number of carbonyl (C=O) groups excluding carboxylic acids is 2. The smallest absolute Gasteiger partial charge is 0.264 e. The average Bonchev–Trinajstić information content (AvgIpc) is 2.90. The maximum Gasteiger partial charge on any atom is 0.264 e. The number of amides is 2. The molecule has 3 aromatic rings. The maximum absolute atomic E-state index is 13.7. The molecule has 0 aliphatic heterocycles. The van der Waals surface area contributed by atoms with Gasteiger partial charge in [-0.1, -0.05) is 41.9 Å². The number of para-hydroxylation sites is 1. The summed E-state index contributed by atoms with van der Waals surface area (Å²) in [6, 6.07) is 20.3. The van der Waals surface area contributed by atoms with E-state index in [9.17, 15) is 18.0 Å². The third kappa shape index (κ3) is 6.35. The van der Waals surface area contributed by atoms with Gasteiger partial charge in [-0.3, -0.25) is 13.9 Å². The maximum atomic E-state index is 13.7. The Kier molecular flexibility index (Phi) is 8.95. The summed E-state index contributed by atoms with van der Waals surface area (Å²) >= 11 is 5.95. The van der Waals surface area contributed by atoms with Gasteiger partial charge in [-0.2, -0.15) is 0 Å². The number of hydrogen-bond donors (Lipinski definition) is 1. The summed E-state index contributed by atoms with van der Waals surface area (Å²) in [5, 5.41) is 2.94. The van der Waals surface area contributed by atoms with E-state index in [1.165, 1.54) is 43.3 Å². The van der Waals surface area contributed by atoms with Crippen LogP contribution in [-0.2, 0) is 26.2 Å². The number of nitrogens with one attached hydrogen (secondary N) is 1. The van der Waals surface area contributed by atoms with Gasteiger partial charge in [0.05, 0.1) is 17.7 Å². The molecule has 0 aliphatic carbocycles. The number of anilines is 1. The molecule has 0 saturated heterocycles. The summed E-state index contributed by atoms with van der Waals surface area (Å²) in [6.07, 6.45) is 0. The van der Waals surface area contributed by atoms with Gasteiger partial charge in [0.15, 0.2) is 0 Å². The van der Waals surface area contributed by atoms with Crippen molar-refractivity contribution in [1.29, 1.82) is 0 Å². The fraction of sp³-hybridized carbons (Fsp3) is 0.231. The summed E-state index contributed by atoms with van der Waals surface area (Å²) in [5.41, 5.74) is 1.04. The molecule has 0 radical (unpaired) electrons. The van der Waals surface area contributed by atoms with Crippen molar-refractivity contribution in [2.75, 3.05) is 25.0 Å². The molecule has 0 unspecified atom stereocenters. The van der Waals surface area contributed by atoms with Crippen molar-refractivity contribution < 1.29 is 22.7 Å². The zero-order valence-corrected chi connectivity index (χ0v) is 21.8. The number of rotatable bonds is 10. The fourth-order valence-corrected chi connectivity index (χ4v) is 5.16. The Bertz CT molecular complexity index is 1300. The van der Waals surface area contributed by atoms with Gasteiger partial charge in [0, 0.05) is 18.6 Å². The average molecular weight is 530 g/mol. The lowest BCUT2D eigenvalue weighted by atomic mass is 10.1. The molecule has 0 saturated carbocycles. The number of benzene rings is 3. The van der Waals surface area contributed by atoms with E-state index in [0.29, 0.717) is 16.5 Å². The lowest BCUT2D eigenvalue weighted by molar-refractivity contribution is -0.139. The number of hydrogen-bond acceptors (Lipinski definition) is 5. The minimum Gasteiger partial charge on any atom is -0.497 e. The van der Waals surface area contributed by atoms with E-state index in [-0.39, 0.29) is 17.3 Å². The molecule has 2 amide bonds. The number of likely N-dealkylation sites (N-methyl/N-ethyl adjacent to an activating group) is 1.